The van der Waals surface area contributed by atoms with Gasteiger partial charge < -0.3 is 4.90 Å². The maximum absolute atomic E-state index is 12.6. The van der Waals surface area contributed by atoms with Crippen LogP contribution in [0.5, 0.6) is 0 Å². The summed E-state index contributed by atoms with van der Waals surface area (Å²) in [7, 11) is -3.36. The van der Waals surface area contributed by atoms with E-state index in [4.69, 9.17) is 0 Å². The molecule has 2 aromatic carbocycles. The van der Waals surface area contributed by atoms with Gasteiger partial charge in [-0.2, -0.15) is 4.31 Å². The first kappa shape index (κ1) is 18.6. The molecule has 0 bridgehead atoms. The second kappa shape index (κ2) is 8.01. The zero-order valence-electron chi connectivity index (χ0n) is 15.0. The number of benzene rings is 2. The molecule has 138 valence electrons. The number of carbonyl (C=O) groups is 1. The lowest BCUT2D eigenvalue weighted by molar-refractivity contribution is -0.131. The van der Waals surface area contributed by atoms with Crippen LogP contribution in [0.2, 0.25) is 0 Å². The summed E-state index contributed by atoms with van der Waals surface area (Å²) in [4.78, 5) is 14.2. The molecule has 5 nitrogen and oxygen atoms in total. The molecule has 1 amide bonds. The van der Waals surface area contributed by atoms with E-state index in [1.807, 2.05) is 61.5 Å². The summed E-state index contributed by atoms with van der Waals surface area (Å²) >= 11 is 0. The van der Waals surface area contributed by atoms with Gasteiger partial charge in [-0.1, -0.05) is 60.2 Å². The van der Waals surface area contributed by atoms with Crippen LogP contribution < -0.4 is 0 Å². The summed E-state index contributed by atoms with van der Waals surface area (Å²) < 4.78 is 26.8. The minimum Gasteiger partial charge on any atom is -0.340 e. The third-order valence-corrected chi connectivity index (χ3v) is 6.50. The number of hydrogen-bond donors (Lipinski definition) is 0. The molecule has 0 saturated carbocycles. The average Bonchev–Trinajstić information content (AvgIpc) is 2.64. The Hall–Kier alpha value is -2.18. The van der Waals surface area contributed by atoms with Crippen molar-refractivity contribution >= 4 is 15.9 Å². The summed E-state index contributed by atoms with van der Waals surface area (Å²) in [5.74, 6) is 0.0531. The van der Waals surface area contributed by atoms with Gasteiger partial charge in [0.1, 0.15) is 0 Å². The fraction of sp³-hybridized carbons (Fsp3) is 0.350. The molecule has 1 aliphatic heterocycles. The van der Waals surface area contributed by atoms with E-state index in [0.29, 0.717) is 32.6 Å². The van der Waals surface area contributed by atoms with Gasteiger partial charge in [-0.15, -0.1) is 0 Å². The molecule has 0 radical (unpaired) electrons. The van der Waals surface area contributed by atoms with Gasteiger partial charge in [-0.05, 0) is 18.1 Å². The summed E-state index contributed by atoms with van der Waals surface area (Å²) in [6.45, 7) is 3.57. The monoisotopic (exact) mass is 372 g/mol. The summed E-state index contributed by atoms with van der Waals surface area (Å²) in [6.07, 6.45) is 0.358. The second-order valence-electron chi connectivity index (χ2n) is 6.68. The zero-order valence-corrected chi connectivity index (χ0v) is 15.8. The summed E-state index contributed by atoms with van der Waals surface area (Å²) in [6, 6.07) is 17.2. The van der Waals surface area contributed by atoms with Crippen molar-refractivity contribution in [2.75, 3.05) is 26.2 Å². The average molecular weight is 372 g/mol. The van der Waals surface area contributed by atoms with E-state index >= 15 is 0 Å². The number of sulfonamides is 1. The van der Waals surface area contributed by atoms with Crippen molar-refractivity contribution in [2.24, 2.45) is 0 Å². The SMILES string of the molecule is Cc1ccc(CS(=O)(=O)N2CCN(C(=O)Cc3ccccc3)CC2)cc1. The van der Waals surface area contributed by atoms with Gasteiger partial charge in [0.15, 0.2) is 0 Å². The van der Waals surface area contributed by atoms with Crippen molar-refractivity contribution in [3.63, 3.8) is 0 Å². The molecule has 0 atom stereocenters. The number of carbonyl (C=O) groups excluding carboxylic acids is 1. The third-order valence-electron chi connectivity index (χ3n) is 4.65. The van der Waals surface area contributed by atoms with Crippen molar-refractivity contribution in [2.45, 2.75) is 19.1 Å². The fourth-order valence-corrected chi connectivity index (χ4v) is 4.60. The molecule has 26 heavy (non-hydrogen) atoms. The Balaban J connectivity index is 1.55. The normalized spacial score (nSPS) is 15.8. The van der Waals surface area contributed by atoms with Crippen molar-refractivity contribution < 1.29 is 13.2 Å². The van der Waals surface area contributed by atoms with Gasteiger partial charge >= 0.3 is 0 Å². The van der Waals surface area contributed by atoms with Gasteiger partial charge in [0.05, 0.1) is 12.2 Å². The Bertz CT molecular complexity index is 840. The first-order valence-electron chi connectivity index (χ1n) is 8.79. The maximum atomic E-state index is 12.6. The van der Waals surface area contributed by atoms with Crippen LogP contribution in [0.4, 0.5) is 0 Å². The fourth-order valence-electron chi connectivity index (χ4n) is 3.08. The molecular formula is C20H24N2O3S. The van der Waals surface area contributed by atoms with Crippen molar-refractivity contribution in [1.82, 2.24) is 9.21 Å². The zero-order chi connectivity index (χ0) is 18.6. The minimum absolute atomic E-state index is 0.00520. The van der Waals surface area contributed by atoms with E-state index in [9.17, 15) is 13.2 Å². The third kappa shape index (κ3) is 4.71. The predicted molar refractivity (Wildman–Crippen MR) is 102 cm³/mol. The highest BCUT2D eigenvalue weighted by molar-refractivity contribution is 7.88. The van der Waals surface area contributed by atoms with Crippen molar-refractivity contribution in [3.05, 3.63) is 71.3 Å². The van der Waals surface area contributed by atoms with Crippen LogP contribution in [0.1, 0.15) is 16.7 Å². The van der Waals surface area contributed by atoms with Crippen LogP contribution >= 0.6 is 0 Å². The minimum atomic E-state index is -3.36. The number of rotatable bonds is 5. The summed E-state index contributed by atoms with van der Waals surface area (Å²) in [5, 5.41) is 0. The molecule has 1 saturated heterocycles. The maximum Gasteiger partial charge on any atom is 0.227 e. The highest BCUT2D eigenvalue weighted by atomic mass is 32.2. The molecule has 0 spiro atoms. The first-order valence-corrected chi connectivity index (χ1v) is 10.4. The number of aryl methyl sites for hydroxylation is 1. The number of amides is 1. The van der Waals surface area contributed by atoms with E-state index in [-0.39, 0.29) is 11.7 Å². The van der Waals surface area contributed by atoms with Crippen LogP contribution in [0.15, 0.2) is 54.6 Å². The Labute approximate surface area is 155 Å². The highest BCUT2D eigenvalue weighted by Gasteiger charge is 2.28. The first-order chi connectivity index (χ1) is 12.4. The number of piperazine rings is 1. The second-order valence-corrected chi connectivity index (χ2v) is 8.65. The predicted octanol–water partition coefficient (Wildman–Crippen LogP) is 2.21. The van der Waals surface area contributed by atoms with E-state index in [0.717, 1.165) is 16.7 Å². The van der Waals surface area contributed by atoms with Crippen molar-refractivity contribution in [1.29, 1.82) is 0 Å². The quantitative estimate of drug-likeness (QED) is 0.809. The Morgan fingerprint density at radius 1 is 0.885 bits per heavy atom. The van der Waals surface area contributed by atoms with Crippen LogP contribution in [-0.4, -0.2) is 49.7 Å². The van der Waals surface area contributed by atoms with E-state index in [1.54, 1.807) is 4.90 Å². The van der Waals surface area contributed by atoms with Crippen molar-refractivity contribution in [3.8, 4) is 0 Å². The highest BCUT2D eigenvalue weighted by Crippen LogP contribution is 2.15. The summed E-state index contributed by atoms with van der Waals surface area (Å²) in [5.41, 5.74) is 2.88. The lowest BCUT2D eigenvalue weighted by Crippen LogP contribution is -2.51. The Kier molecular flexibility index (Phi) is 5.74. The Morgan fingerprint density at radius 2 is 1.50 bits per heavy atom. The Morgan fingerprint density at radius 3 is 2.12 bits per heavy atom. The largest absolute Gasteiger partial charge is 0.340 e. The van der Waals surface area contributed by atoms with Crippen LogP contribution in [0.25, 0.3) is 0 Å². The number of hydrogen-bond acceptors (Lipinski definition) is 3. The lowest BCUT2D eigenvalue weighted by atomic mass is 10.1. The van der Waals surface area contributed by atoms with E-state index < -0.39 is 10.0 Å². The van der Waals surface area contributed by atoms with E-state index in [2.05, 4.69) is 0 Å². The molecule has 2 aromatic rings. The topological polar surface area (TPSA) is 57.7 Å². The van der Waals surface area contributed by atoms with Gasteiger partial charge in [0, 0.05) is 26.2 Å². The standard InChI is InChI=1S/C20H24N2O3S/c1-17-7-9-19(10-8-17)16-26(24,25)22-13-11-21(12-14-22)20(23)15-18-5-3-2-4-6-18/h2-10H,11-16H2,1H3. The van der Waals surface area contributed by atoms with Gasteiger partial charge in [0.25, 0.3) is 0 Å². The molecule has 1 heterocycles. The molecule has 0 N–H and O–H groups in total. The molecule has 1 fully saturated rings. The van der Waals surface area contributed by atoms with Gasteiger partial charge in [-0.25, -0.2) is 8.42 Å². The molecule has 0 aromatic heterocycles. The van der Waals surface area contributed by atoms with Crippen LogP contribution in [0, 0.1) is 6.92 Å². The number of nitrogens with zero attached hydrogens (tertiary/aromatic N) is 2. The van der Waals surface area contributed by atoms with Crippen LogP contribution in [-0.2, 0) is 27.0 Å². The van der Waals surface area contributed by atoms with Crippen LogP contribution in [0.3, 0.4) is 0 Å². The van der Waals surface area contributed by atoms with Gasteiger partial charge in [0.2, 0.25) is 15.9 Å². The smallest absolute Gasteiger partial charge is 0.227 e. The molecule has 3 rings (SSSR count). The molecule has 6 heteroatoms. The molecular weight excluding hydrogens is 348 g/mol. The lowest BCUT2D eigenvalue weighted by Gasteiger charge is -2.34. The molecule has 0 unspecified atom stereocenters. The molecule has 0 aliphatic carbocycles. The molecule has 1 aliphatic rings. The van der Waals surface area contributed by atoms with Gasteiger partial charge in [-0.3, -0.25) is 4.79 Å². The van der Waals surface area contributed by atoms with E-state index in [1.165, 1.54) is 4.31 Å².